The number of carbonyl (C=O) groups excluding carboxylic acids is 1. The Balaban J connectivity index is 2.88. The summed E-state index contributed by atoms with van der Waals surface area (Å²) in [5.41, 5.74) is 0.421. The van der Waals surface area contributed by atoms with Gasteiger partial charge in [0.25, 0.3) is 5.70 Å². The minimum Gasteiger partial charge on any atom is -0.329 e. The number of rotatable bonds is 3. The fourth-order valence-corrected chi connectivity index (χ4v) is 0.932. The molecule has 0 aromatic rings. The van der Waals surface area contributed by atoms with E-state index in [0.29, 0.717) is 18.5 Å². The Hall–Kier alpha value is -1.91. The average molecular weight is 180 g/mol. The Kier molecular flexibility index (Phi) is 2.97. The van der Waals surface area contributed by atoms with E-state index in [-0.39, 0.29) is 5.70 Å². The summed E-state index contributed by atoms with van der Waals surface area (Å²) in [6.45, 7) is 0. The minimum absolute atomic E-state index is 0.0295. The molecule has 1 aliphatic rings. The monoisotopic (exact) mass is 180 g/mol. The van der Waals surface area contributed by atoms with E-state index < -0.39 is 4.92 Å². The molecule has 0 saturated carbocycles. The zero-order valence-corrected chi connectivity index (χ0v) is 6.77. The summed E-state index contributed by atoms with van der Waals surface area (Å²) in [4.78, 5) is 20.0. The smallest absolute Gasteiger partial charge is 0.271 e. The second kappa shape index (κ2) is 4.20. The Morgan fingerprint density at radius 2 is 2.38 bits per heavy atom. The molecule has 0 radical (unpaired) electrons. The van der Waals surface area contributed by atoms with E-state index in [2.05, 4.69) is 5.32 Å². The number of hydrogen-bond donors (Lipinski definition) is 1. The molecular formula is C8H8N2O3. The summed E-state index contributed by atoms with van der Waals surface area (Å²) in [5.74, 6) is 0. The Bertz CT molecular complexity index is 315. The summed E-state index contributed by atoms with van der Waals surface area (Å²) in [6.07, 6.45) is 7.15. The maximum Gasteiger partial charge on any atom is 0.271 e. The van der Waals surface area contributed by atoms with E-state index in [4.69, 9.17) is 0 Å². The van der Waals surface area contributed by atoms with Gasteiger partial charge in [-0.2, -0.15) is 0 Å². The molecule has 0 saturated heterocycles. The topological polar surface area (TPSA) is 72.2 Å². The number of nitro groups is 1. The largest absolute Gasteiger partial charge is 0.329 e. The number of allylic oxidation sites excluding steroid dienone is 4. The normalized spacial score (nSPS) is 15.4. The highest BCUT2D eigenvalue weighted by Crippen LogP contribution is 2.08. The molecule has 0 bridgehead atoms. The molecule has 5 heteroatoms. The quantitative estimate of drug-likeness (QED) is 0.395. The number of amides is 1. The molecular weight excluding hydrogens is 172 g/mol. The lowest BCUT2D eigenvalue weighted by atomic mass is 10.3. The summed E-state index contributed by atoms with van der Waals surface area (Å²) in [5, 5.41) is 12.8. The summed E-state index contributed by atoms with van der Waals surface area (Å²) in [7, 11) is 0. The molecule has 1 aliphatic carbocycles. The maximum absolute atomic E-state index is 10.4. The van der Waals surface area contributed by atoms with Crippen LogP contribution in [0.15, 0.2) is 35.7 Å². The van der Waals surface area contributed by atoms with Crippen LogP contribution >= 0.6 is 0 Å². The zero-order valence-electron chi connectivity index (χ0n) is 6.77. The first-order valence-electron chi connectivity index (χ1n) is 3.67. The number of carbonyl (C=O) groups is 1. The molecule has 5 nitrogen and oxygen atoms in total. The SMILES string of the molecule is O=CNC1=CCC=CC([N+](=O)[O-])=C1. The third-order valence-electron chi connectivity index (χ3n) is 1.50. The van der Waals surface area contributed by atoms with Gasteiger partial charge in [-0.3, -0.25) is 14.9 Å². The van der Waals surface area contributed by atoms with Gasteiger partial charge in [-0.05, 0) is 6.42 Å². The van der Waals surface area contributed by atoms with Crippen LogP contribution in [0.25, 0.3) is 0 Å². The highest BCUT2D eigenvalue weighted by Gasteiger charge is 2.08. The van der Waals surface area contributed by atoms with Gasteiger partial charge < -0.3 is 5.32 Å². The molecule has 1 amide bonds. The molecule has 0 aliphatic heterocycles. The lowest BCUT2D eigenvalue weighted by Gasteiger charge is -1.95. The third-order valence-corrected chi connectivity index (χ3v) is 1.50. The Morgan fingerprint density at radius 1 is 1.62 bits per heavy atom. The fraction of sp³-hybridized carbons (Fsp3) is 0.125. The molecule has 1 N–H and O–H groups in total. The van der Waals surface area contributed by atoms with Crippen molar-refractivity contribution in [3.8, 4) is 0 Å². The molecule has 0 spiro atoms. The van der Waals surface area contributed by atoms with Crippen molar-refractivity contribution < 1.29 is 9.72 Å². The predicted octanol–water partition coefficient (Wildman–Crippen LogP) is 0.737. The van der Waals surface area contributed by atoms with E-state index in [0.717, 1.165) is 0 Å². The van der Waals surface area contributed by atoms with Crippen molar-refractivity contribution in [2.24, 2.45) is 0 Å². The average Bonchev–Trinajstić information content (AvgIpc) is 2.30. The maximum atomic E-state index is 10.4. The molecule has 13 heavy (non-hydrogen) atoms. The van der Waals surface area contributed by atoms with Crippen LogP contribution in [0, 0.1) is 10.1 Å². The fourth-order valence-electron chi connectivity index (χ4n) is 0.932. The molecule has 0 fully saturated rings. The molecule has 68 valence electrons. The first kappa shape index (κ1) is 9.18. The van der Waals surface area contributed by atoms with Crippen molar-refractivity contribution in [1.29, 1.82) is 0 Å². The van der Waals surface area contributed by atoms with Crippen LogP contribution in [0.1, 0.15) is 6.42 Å². The number of hydrogen-bond acceptors (Lipinski definition) is 3. The summed E-state index contributed by atoms with van der Waals surface area (Å²) in [6, 6.07) is 0. The van der Waals surface area contributed by atoms with Gasteiger partial charge in [0.2, 0.25) is 6.41 Å². The van der Waals surface area contributed by atoms with Crippen molar-refractivity contribution >= 4 is 6.41 Å². The molecule has 0 aromatic heterocycles. The van der Waals surface area contributed by atoms with Gasteiger partial charge in [0.1, 0.15) is 0 Å². The predicted molar refractivity (Wildman–Crippen MR) is 46.1 cm³/mol. The van der Waals surface area contributed by atoms with Crippen LogP contribution in [0.2, 0.25) is 0 Å². The van der Waals surface area contributed by atoms with Gasteiger partial charge in [-0.25, -0.2) is 0 Å². The Morgan fingerprint density at radius 3 is 3.00 bits per heavy atom. The lowest BCUT2D eigenvalue weighted by molar-refractivity contribution is -0.419. The summed E-state index contributed by atoms with van der Waals surface area (Å²) < 4.78 is 0. The van der Waals surface area contributed by atoms with E-state index in [9.17, 15) is 14.9 Å². The van der Waals surface area contributed by atoms with Gasteiger partial charge in [-0.15, -0.1) is 0 Å². The van der Waals surface area contributed by atoms with Crippen molar-refractivity contribution in [3.05, 3.63) is 45.8 Å². The zero-order chi connectivity index (χ0) is 9.68. The summed E-state index contributed by atoms with van der Waals surface area (Å²) >= 11 is 0. The molecule has 0 unspecified atom stereocenters. The first-order valence-corrected chi connectivity index (χ1v) is 3.67. The number of nitrogens with zero attached hydrogens (tertiary/aromatic N) is 1. The molecule has 0 aromatic carbocycles. The van der Waals surface area contributed by atoms with E-state index in [1.54, 1.807) is 12.2 Å². The van der Waals surface area contributed by atoms with E-state index in [1.807, 2.05) is 0 Å². The Labute approximate surface area is 74.6 Å². The van der Waals surface area contributed by atoms with Crippen LogP contribution < -0.4 is 5.32 Å². The van der Waals surface area contributed by atoms with Crippen LogP contribution in [-0.2, 0) is 4.79 Å². The standard InChI is InChI=1S/C8H8N2O3/c11-6-9-7-3-1-2-4-8(5-7)10(12)13/h2-6H,1H2,(H,9,11). The molecule has 0 heterocycles. The lowest BCUT2D eigenvalue weighted by Crippen LogP contribution is -2.09. The van der Waals surface area contributed by atoms with Gasteiger partial charge in [0.05, 0.1) is 4.92 Å². The third kappa shape index (κ3) is 2.55. The van der Waals surface area contributed by atoms with E-state index in [1.165, 1.54) is 12.2 Å². The van der Waals surface area contributed by atoms with Crippen molar-refractivity contribution in [2.75, 3.05) is 0 Å². The highest BCUT2D eigenvalue weighted by atomic mass is 16.6. The van der Waals surface area contributed by atoms with Gasteiger partial charge in [0.15, 0.2) is 0 Å². The van der Waals surface area contributed by atoms with Crippen molar-refractivity contribution in [1.82, 2.24) is 5.32 Å². The molecule has 0 atom stereocenters. The molecule has 1 rings (SSSR count). The first-order chi connectivity index (χ1) is 6.24. The van der Waals surface area contributed by atoms with Gasteiger partial charge >= 0.3 is 0 Å². The number of nitrogens with one attached hydrogen (secondary N) is 1. The van der Waals surface area contributed by atoms with Crippen molar-refractivity contribution in [2.45, 2.75) is 6.42 Å². The highest BCUT2D eigenvalue weighted by molar-refractivity contribution is 5.52. The van der Waals surface area contributed by atoms with E-state index >= 15 is 0 Å². The van der Waals surface area contributed by atoms with Crippen LogP contribution in [-0.4, -0.2) is 11.3 Å². The van der Waals surface area contributed by atoms with Crippen LogP contribution in [0.3, 0.4) is 0 Å². The minimum atomic E-state index is -0.498. The van der Waals surface area contributed by atoms with Crippen LogP contribution in [0.4, 0.5) is 0 Å². The second-order valence-electron chi connectivity index (χ2n) is 2.39. The van der Waals surface area contributed by atoms with Crippen molar-refractivity contribution in [3.63, 3.8) is 0 Å². The second-order valence-corrected chi connectivity index (χ2v) is 2.39. The van der Waals surface area contributed by atoms with Crippen LogP contribution in [0.5, 0.6) is 0 Å². The van der Waals surface area contributed by atoms with Gasteiger partial charge in [0, 0.05) is 17.8 Å². The van der Waals surface area contributed by atoms with Gasteiger partial charge in [-0.1, -0.05) is 12.2 Å².